The lowest BCUT2D eigenvalue weighted by molar-refractivity contribution is 0.354. The highest BCUT2D eigenvalue weighted by Crippen LogP contribution is 2.27. The van der Waals surface area contributed by atoms with Crippen LogP contribution in [0.3, 0.4) is 0 Å². The van der Waals surface area contributed by atoms with Crippen LogP contribution in [0.4, 0.5) is 0 Å². The van der Waals surface area contributed by atoms with Gasteiger partial charge in [0.25, 0.3) is 0 Å². The van der Waals surface area contributed by atoms with Gasteiger partial charge in [-0.05, 0) is 43.0 Å². The van der Waals surface area contributed by atoms with Crippen LogP contribution < -0.4 is 20.5 Å². The second-order valence-corrected chi connectivity index (χ2v) is 5.44. The van der Waals surface area contributed by atoms with Crippen molar-refractivity contribution in [2.75, 3.05) is 20.8 Å². The number of guanidine groups is 1. The highest BCUT2D eigenvalue weighted by Gasteiger charge is 2.04. The summed E-state index contributed by atoms with van der Waals surface area (Å²) in [5, 5.41) is 10.1. The van der Waals surface area contributed by atoms with Crippen LogP contribution in [-0.2, 0) is 13.0 Å². The topological polar surface area (TPSA) is 97.5 Å². The third kappa shape index (κ3) is 4.91. The number of aryl methyl sites for hydroxylation is 2. The molecule has 2 aromatic rings. The summed E-state index contributed by atoms with van der Waals surface area (Å²) in [6.07, 6.45) is 3.79. The fraction of sp³-hybridized carbons (Fsp3) is 0.412. The lowest BCUT2D eigenvalue weighted by Gasteiger charge is -2.09. The molecule has 0 fully saturated rings. The molecule has 0 saturated carbocycles. The molecule has 1 aromatic heterocycles. The number of ether oxygens (including phenoxy) is 2. The van der Waals surface area contributed by atoms with E-state index in [0.29, 0.717) is 24.0 Å². The average molecular weight is 331 g/mol. The molecule has 130 valence electrons. The van der Waals surface area contributed by atoms with Crippen LogP contribution >= 0.6 is 0 Å². The summed E-state index contributed by atoms with van der Waals surface area (Å²) < 4.78 is 10.5. The maximum absolute atomic E-state index is 5.90. The van der Waals surface area contributed by atoms with Gasteiger partial charge in [0.05, 0.1) is 27.0 Å². The Balaban J connectivity index is 1.78. The molecule has 0 radical (unpaired) electrons. The van der Waals surface area contributed by atoms with E-state index in [1.807, 2.05) is 31.3 Å². The Morgan fingerprint density at radius 1 is 1.29 bits per heavy atom. The maximum Gasteiger partial charge on any atom is 0.188 e. The third-order valence-electron chi connectivity index (χ3n) is 3.74. The Morgan fingerprint density at radius 3 is 2.75 bits per heavy atom. The number of H-pyrrole nitrogens is 1. The number of nitrogens with zero attached hydrogens (tertiary/aromatic N) is 2. The second kappa shape index (κ2) is 8.81. The van der Waals surface area contributed by atoms with Gasteiger partial charge in [0, 0.05) is 12.2 Å². The predicted molar refractivity (Wildman–Crippen MR) is 94.5 cm³/mol. The summed E-state index contributed by atoms with van der Waals surface area (Å²) in [5.74, 6) is 1.83. The van der Waals surface area contributed by atoms with E-state index in [9.17, 15) is 0 Å². The molecule has 2 rings (SSSR count). The van der Waals surface area contributed by atoms with Crippen molar-refractivity contribution >= 4 is 5.96 Å². The van der Waals surface area contributed by atoms with Gasteiger partial charge in [-0.2, -0.15) is 5.10 Å². The van der Waals surface area contributed by atoms with Gasteiger partial charge >= 0.3 is 0 Å². The number of aromatic amines is 1. The van der Waals surface area contributed by atoms with Gasteiger partial charge in [-0.15, -0.1) is 0 Å². The Hall–Kier alpha value is -2.70. The van der Waals surface area contributed by atoms with Crippen molar-refractivity contribution in [3.05, 3.63) is 41.2 Å². The smallest absolute Gasteiger partial charge is 0.188 e. The molecule has 24 heavy (non-hydrogen) atoms. The summed E-state index contributed by atoms with van der Waals surface area (Å²) >= 11 is 0. The summed E-state index contributed by atoms with van der Waals surface area (Å²) in [6.45, 7) is 3.28. The molecule has 7 heteroatoms. The zero-order valence-electron chi connectivity index (χ0n) is 14.4. The molecule has 0 aliphatic heterocycles. The molecule has 0 atom stereocenters. The minimum Gasteiger partial charge on any atom is -0.493 e. The molecular weight excluding hydrogens is 306 g/mol. The molecule has 0 aliphatic rings. The summed E-state index contributed by atoms with van der Waals surface area (Å²) in [4.78, 5) is 4.35. The van der Waals surface area contributed by atoms with Crippen LogP contribution in [0.25, 0.3) is 0 Å². The molecule has 1 aromatic carbocycles. The first-order valence-corrected chi connectivity index (χ1v) is 7.87. The number of nitrogens with one attached hydrogen (secondary N) is 2. The number of nitrogens with two attached hydrogens (primary N) is 1. The van der Waals surface area contributed by atoms with E-state index in [4.69, 9.17) is 15.2 Å². The third-order valence-corrected chi connectivity index (χ3v) is 3.74. The number of rotatable bonds is 8. The van der Waals surface area contributed by atoms with Crippen molar-refractivity contribution < 1.29 is 9.47 Å². The van der Waals surface area contributed by atoms with Gasteiger partial charge in [0.2, 0.25) is 0 Å². The van der Waals surface area contributed by atoms with Crippen molar-refractivity contribution in [1.29, 1.82) is 0 Å². The highest BCUT2D eigenvalue weighted by atomic mass is 16.5. The fourth-order valence-corrected chi connectivity index (χ4v) is 2.33. The zero-order valence-corrected chi connectivity index (χ0v) is 14.4. The first-order valence-electron chi connectivity index (χ1n) is 7.87. The van der Waals surface area contributed by atoms with Gasteiger partial charge in [-0.3, -0.25) is 5.10 Å². The molecule has 0 amide bonds. The molecule has 0 unspecified atom stereocenters. The van der Waals surface area contributed by atoms with Crippen LogP contribution in [-0.4, -0.2) is 36.9 Å². The van der Waals surface area contributed by atoms with Crippen LogP contribution in [0.15, 0.2) is 29.4 Å². The first-order chi connectivity index (χ1) is 11.6. The maximum atomic E-state index is 5.90. The number of benzene rings is 1. The van der Waals surface area contributed by atoms with Gasteiger partial charge in [0.15, 0.2) is 17.5 Å². The van der Waals surface area contributed by atoms with Gasteiger partial charge in [0.1, 0.15) is 0 Å². The Bertz CT molecular complexity index is 681. The van der Waals surface area contributed by atoms with E-state index in [-0.39, 0.29) is 0 Å². The van der Waals surface area contributed by atoms with Crippen molar-refractivity contribution in [2.24, 2.45) is 10.7 Å². The van der Waals surface area contributed by atoms with E-state index >= 15 is 0 Å². The summed E-state index contributed by atoms with van der Waals surface area (Å²) in [7, 11) is 3.23. The van der Waals surface area contributed by atoms with Crippen molar-refractivity contribution in [1.82, 2.24) is 15.5 Å². The van der Waals surface area contributed by atoms with E-state index < -0.39 is 0 Å². The van der Waals surface area contributed by atoms with Gasteiger partial charge in [-0.1, -0.05) is 6.07 Å². The van der Waals surface area contributed by atoms with Gasteiger partial charge < -0.3 is 20.5 Å². The average Bonchev–Trinajstić information content (AvgIpc) is 3.01. The normalized spacial score (nSPS) is 11.4. The molecule has 7 nitrogen and oxygen atoms in total. The molecule has 4 N–H and O–H groups in total. The van der Waals surface area contributed by atoms with Crippen LogP contribution in [0.5, 0.6) is 11.5 Å². The quantitative estimate of drug-likeness (QED) is 0.389. The lowest BCUT2D eigenvalue weighted by Crippen LogP contribution is -2.32. The van der Waals surface area contributed by atoms with Crippen LogP contribution in [0.1, 0.15) is 23.2 Å². The number of aliphatic imine (C=N–C) groups is 1. The molecule has 0 saturated heterocycles. The van der Waals surface area contributed by atoms with E-state index in [2.05, 4.69) is 20.5 Å². The lowest BCUT2D eigenvalue weighted by atomic mass is 10.1. The second-order valence-electron chi connectivity index (χ2n) is 5.44. The summed E-state index contributed by atoms with van der Waals surface area (Å²) in [5.41, 5.74) is 9.26. The largest absolute Gasteiger partial charge is 0.493 e. The van der Waals surface area contributed by atoms with Crippen LogP contribution in [0, 0.1) is 6.92 Å². The van der Waals surface area contributed by atoms with Crippen molar-refractivity contribution in [3.63, 3.8) is 0 Å². The van der Waals surface area contributed by atoms with Crippen molar-refractivity contribution in [3.8, 4) is 11.5 Å². The minimum atomic E-state index is 0.439. The highest BCUT2D eigenvalue weighted by molar-refractivity contribution is 5.77. The standard InChI is InChI=1S/C17H25N5O2/c1-12-14(11-21-22-12)5-4-8-19-17(18)20-10-13-6-7-15(23-2)16(9-13)24-3/h6-7,9,11H,4-5,8,10H2,1-3H3,(H,21,22)(H3,18,19,20). The molecule has 0 aliphatic carbocycles. The SMILES string of the molecule is COc1ccc(CN=C(N)NCCCc2cn[nH]c2C)cc1OC. The van der Waals surface area contributed by atoms with E-state index in [1.54, 1.807) is 14.2 Å². The fourth-order valence-electron chi connectivity index (χ4n) is 2.33. The number of methoxy groups -OCH3 is 2. The van der Waals surface area contributed by atoms with E-state index in [1.165, 1.54) is 5.56 Å². The monoisotopic (exact) mass is 331 g/mol. The number of hydrogen-bond donors (Lipinski definition) is 3. The Morgan fingerprint density at radius 2 is 2.08 bits per heavy atom. The molecule has 0 bridgehead atoms. The molecular formula is C17H25N5O2. The molecule has 1 heterocycles. The first kappa shape index (κ1) is 17.7. The van der Waals surface area contributed by atoms with Crippen molar-refractivity contribution in [2.45, 2.75) is 26.3 Å². The number of aromatic nitrogens is 2. The predicted octanol–water partition coefficient (Wildman–Crippen LogP) is 1.77. The minimum absolute atomic E-state index is 0.439. The summed E-state index contributed by atoms with van der Waals surface area (Å²) in [6, 6.07) is 5.71. The van der Waals surface area contributed by atoms with Crippen LogP contribution in [0.2, 0.25) is 0 Å². The Labute approximate surface area is 142 Å². The van der Waals surface area contributed by atoms with Gasteiger partial charge in [-0.25, -0.2) is 4.99 Å². The zero-order chi connectivity index (χ0) is 17.4. The number of hydrogen-bond acceptors (Lipinski definition) is 4. The Kier molecular flexibility index (Phi) is 6.48. The molecule has 0 spiro atoms. The van der Waals surface area contributed by atoms with E-state index in [0.717, 1.165) is 30.6 Å².